The van der Waals surface area contributed by atoms with E-state index in [1.807, 2.05) is 6.07 Å². The first-order chi connectivity index (χ1) is 18.2. The number of imidazole rings is 1. The van der Waals surface area contributed by atoms with E-state index in [0.29, 0.717) is 23.7 Å². The smallest absolute Gasteiger partial charge is 0.254 e. The Labute approximate surface area is 219 Å². The standard InChI is InChI=1S/C28H31F2N7O/c1-16(2)34-28(38)21-5-6-22(29)26(27(21)30)23-7-4-20-13-33-25(37(20)35-23)11-18-12-32-9-8-24(18)36-14-17(3)10-19(31)15-36/h4-9,12-13,16-17,19H,10-11,14-15,31H2,1-3H3,(H,34,38)/t17-,19+/m1/s1. The molecule has 4 aromatic rings. The van der Waals surface area contributed by atoms with Crippen molar-refractivity contribution in [2.75, 3.05) is 18.0 Å². The number of carbonyl (C=O) groups is 1. The number of fused-ring (bicyclic) bond motifs is 1. The number of nitrogens with one attached hydrogen (secondary N) is 1. The van der Waals surface area contributed by atoms with Crippen molar-refractivity contribution in [1.29, 1.82) is 0 Å². The van der Waals surface area contributed by atoms with E-state index in [1.54, 1.807) is 43.0 Å². The van der Waals surface area contributed by atoms with Gasteiger partial charge in [-0.25, -0.2) is 18.3 Å². The number of benzene rings is 1. The van der Waals surface area contributed by atoms with Gasteiger partial charge in [-0.3, -0.25) is 9.78 Å². The lowest BCUT2D eigenvalue weighted by atomic mass is 9.95. The number of hydrogen-bond acceptors (Lipinski definition) is 6. The van der Waals surface area contributed by atoms with Crippen molar-refractivity contribution >= 4 is 17.1 Å². The van der Waals surface area contributed by atoms with Crippen LogP contribution in [0, 0.1) is 17.6 Å². The van der Waals surface area contributed by atoms with Gasteiger partial charge >= 0.3 is 0 Å². The van der Waals surface area contributed by atoms with Gasteiger partial charge in [0.05, 0.1) is 28.5 Å². The number of aromatic nitrogens is 4. The second-order valence-electron chi connectivity index (χ2n) is 10.3. The first-order valence-electron chi connectivity index (χ1n) is 12.8. The predicted molar refractivity (Wildman–Crippen MR) is 142 cm³/mol. The summed E-state index contributed by atoms with van der Waals surface area (Å²) >= 11 is 0. The SMILES string of the molecule is CC(C)NC(=O)c1ccc(F)c(-c2ccc3cnc(Cc4cnccc4N4C[C@H](C)C[C@H](N)C4)n3n2)c1F. The van der Waals surface area contributed by atoms with Gasteiger partial charge in [0.25, 0.3) is 5.91 Å². The summed E-state index contributed by atoms with van der Waals surface area (Å²) in [7, 11) is 0. The summed E-state index contributed by atoms with van der Waals surface area (Å²) in [6, 6.07) is 7.34. The highest BCUT2D eigenvalue weighted by Crippen LogP contribution is 2.29. The maximum absolute atomic E-state index is 15.4. The summed E-state index contributed by atoms with van der Waals surface area (Å²) in [5, 5.41) is 7.18. The lowest BCUT2D eigenvalue weighted by molar-refractivity contribution is 0.0939. The molecular weight excluding hydrogens is 488 g/mol. The van der Waals surface area contributed by atoms with E-state index >= 15 is 4.39 Å². The Kier molecular flexibility index (Phi) is 7.07. The van der Waals surface area contributed by atoms with Crippen LogP contribution in [-0.2, 0) is 6.42 Å². The highest BCUT2D eigenvalue weighted by atomic mass is 19.1. The van der Waals surface area contributed by atoms with Crippen molar-refractivity contribution in [2.45, 2.75) is 45.7 Å². The van der Waals surface area contributed by atoms with Gasteiger partial charge in [-0.15, -0.1) is 0 Å². The average molecular weight is 520 g/mol. The molecule has 1 aromatic carbocycles. The number of piperidine rings is 1. The molecule has 3 aromatic heterocycles. The molecule has 3 N–H and O–H groups in total. The Balaban J connectivity index is 1.51. The van der Waals surface area contributed by atoms with E-state index in [1.165, 1.54) is 6.07 Å². The maximum Gasteiger partial charge on any atom is 0.254 e. The van der Waals surface area contributed by atoms with Crippen LogP contribution in [0.1, 0.15) is 48.9 Å². The summed E-state index contributed by atoms with van der Waals surface area (Å²) in [5.74, 6) is -1.30. The van der Waals surface area contributed by atoms with Crippen LogP contribution in [0.4, 0.5) is 14.5 Å². The molecule has 0 bridgehead atoms. The molecule has 198 valence electrons. The highest BCUT2D eigenvalue weighted by Gasteiger charge is 2.25. The van der Waals surface area contributed by atoms with Gasteiger partial charge in [-0.1, -0.05) is 6.92 Å². The van der Waals surface area contributed by atoms with Crippen LogP contribution in [0.25, 0.3) is 16.8 Å². The first kappa shape index (κ1) is 25.7. The minimum atomic E-state index is -0.957. The summed E-state index contributed by atoms with van der Waals surface area (Å²) in [6.07, 6.45) is 6.64. The first-order valence-corrected chi connectivity index (χ1v) is 12.8. The third-order valence-corrected chi connectivity index (χ3v) is 6.73. The van der Waals surface area contributed by atoms with Gasteiger partial charge in [-0.05, 0) is 56.5 Å². The monoisotopic (exact) mass is 519 g/mol. The number of amides is 1. The number of pyridine rings is 1. The number of nitrogens with two attached hydrogens (primary N) is 1. The Morgan fingerprint density at radius 2 is 1.97 bits per heavy atom. The van der Waals surface area contributed by atoms with E-state index in [-0.39, 0.29) is 28.9 Å². The van der Waals surface area contributed by atoms with Crippen molar-refractivity contribution in [3.63, 3.8) is 0 Å². The second-order valence-corrected chi connectivity index (χ2v) is 10.3. The van der Waals surface area contributed by atoms with Crippen molar-refractivity contribution in [3.05, 3.63) is 77.5 Å². The molecule has 10 heteroatoms. The molecule has 1 saturated heterocycles. The van der Waals surface area contributed by atoms with Gasteiger partial charge in [0.1, 0.15) is 17.5 Å². The van der Waals surface area contributed by atoms with E-state index in [0.717, 1.165) is 42.9 Å². The second kappa shape index (κ2) is 10.4. The molecule has 1 aliphatic heterocycles. The van der Waals surface area contributed by atoms with Gasteiger partial charge < -0.3 is 16.0 Å². The molecule has 5 rings (SSSR count). The van der Waals surface area contributed by atoms with Gasteiger partial charge in [0, 0.05) is 55.2 Å². The van der Waals surface area contributed by atoms with Crippen LogP contribution in [0.2, 0.25) is 0 Å². The van der Waals surface area contributed by atoms with Crippen LogP contribution in [-0.4, -0.2) is 50.7 Å². The van der Waals surface area contributed by atoms with Crippen LogP contribution in [0.15, 0.2) is 48.9 Å². The van der Waals surface area contributed by atoms with Crippen molar-refractivity contribution in [3.8, 4) is 11.3 Å². The molecule has 1 amide bonds. The molecule has 0 unspecified atom stereocenters. The number of anilines is 1. The van der Waals surface area contributed by atoms with Crippen molar-refractivity contribution in [2.24, 2.45) is 11.7 Å². The normalized spacial score (nSPS) is 17.8. The minimum absolute atomic E-state index is 0.0631. The fraction of sp³-hybridized carbons (Fsp3) is 0.357. The van der Waals surface area contributed by atoms with Crippen LogP contribution >= 0.6 is 0 Å². The Morgan fingerprint density at radius 3 is 2.74 bits per heavy atom. The molecule has 0 radical (unpaired) electrons. The van der Waals surface area contributed by atoms with Gasteiger partial charge in [0.2, 0.25) is 0 Å². The molecule has 1 aliphatic rings. The zero-order valence-electron chi connectivity index (χ0n) is 21.7. The van der Waals surface area contributed by atoms with Crippen LogP contribution in [0.3, 0.4) is 0 Å². The zero-order valence-corrected chi connectivity index (χ0v) is 21.7. The average Bonchev–Trinajstić information content (AvgIpc) is 3.25. The predicted octanol–water partition coefficient (Wildman–Crippen LogP) is 3.97. The summed E-state index contributed by atoms with van der Waals surface area (Å²) < 4.78 is 31.9. The molecule has 8 nitrogen and oxygen atoms in total. The fourth-order valence-corrected chi connectivity index (χ4v) is 5.12. The van der Waals surface area contributed by atoms with Crippen LogP contribution < -0.4 is 16.0 Å². The molecule has 0 spiro atoms. The van der Waals surface area contributed by atoms with E-state index in [4.69, 9.17) is 5.73 Å². The summed E-state index contributed by atoms with van der Waals surface area (Å²) in [5.41, 5.74) is 8.43. The largest absolute Gasteiger partial charge is 0.369 e. The fourth-order valence-electron chi connectivity index (χ4n) is 5.12. The van der Waals surface area contributed by atoms with Crippen molar-refractivity contribution in [1.82, 2.24) is 24.9 Å². The summed E-state index contributed by atoms with van der Waals surface area (Å²) in [6.45, 7) is 7.38. The molecule has 38 heavy (non-hydrogen) atoms. The molecule has 2 atom stereocenters. The molecule has 1 fully saturated rings. The molecule has 4 heterocycles. The molecule has 0 saturated carbocycles. The number of hydrogen-bond donors (Lipinski definition) is 2. The number of rotatable bonds is 6. The topological polar surface area (TPSA) is 101 Å². The van der Waals surface area contributed by atoms with E-state index < -0.39 is 17.5 Å². The van der Waals surface area contributed by atoms with E-state index in [2.05, 4.69) is 32.2 Å². The Hall–Kier alpha value is -3.92. The zero-order chi connectivity index (χ0) is 27.0. The van der Waals surface area contributed by atoms with Crippen LogP contribution in [0.5, 0.6) is 0 Å². The molecular formula is C28H31F2N7O. The lowest BCUT2D eigenvalue weighted by Gasteiger charge is -2.37. The molecule has 0 aliphatic carbocycles. The maximum atomic E-state index is 15.4. The third-order valence-electron chi connectivity index (χ3n) is 6.73. The Bertz CT molecular complexity index is 1480. The lowest BCUT2D eigenvalue weighted by Crippen LogP contribution is -2.46. The number of nitrogens with zero attached hydrogens (tertiary/aromatic N) is 5. The number of carbonyl (C=O) groups excluding carboxylic acids is 1. The minimum Gasteiger partial charge on any atom is -0.369 e. The quantitative estimate of drug-likeness (QED) is 0.400. The summed E-state index contributed by atoms with van der Waals surface area (Å²) in [4.78, 5) is 23.6. The number of halogens is 2. The Morgan fingerprint density at radius 1 is 1.16 bits per heavy atom. The third kappa shape index (κ3) is 5.08. The van der Waals surface area contributed by atoms with Gasteiger partial charge in [-0.2, -0.15) is 5.10 Å². The van der Waals surface area contributed by atoms with Gasteiger partial charge in [0.15, 0.2) is 0 Å². The van der Waals surface area contributed by atoms with E-state index in [9.17, 15) is 9.18 Å². The van der Waals surface area contributed by atoms with Crippen molar-refractivity contribution < 1.29 is 13.6 Å². The highest BCUT2D eigenvalue weighted by molar-refractivity contribution is 5.96.